The number of amides is 2. The van der Waals surface area contributed by atoms with Gasteiger partial charge < -0.3 is 24.8 Å². The molecular weight excluding hydrogens is 463 g/mol. The largest absolute Gasteiger partial charge is 0.484 e. The highest BCUT2D eigenvalue weighted by Gasteiger charge is 2.49. The van der Waals surface area contributed by atoms with Gasteiger partial charge in [-0.15, -0.1) is 0 Å². The maximum absolute atomic E-state index is 13.5. The molecule has 4 aliphatic carbocycles. The van der Waals surface area contributed by atoms with Gasteiger partial charge in [-0.2, -0.15) is 0 Å². The smallest absolute Gasteiger partial charge is 0.258 e. The van der Waals surface area contributed by atoms with E-state index in [9.17, 15) is 14.0 Å². The molecule has 4 unspecified atom stereocenters. The number of ether oxygens (including phenoxy) is 3. The Labute approximate surface area is 205 Å². The van der Waals surface area contributed by atoms with Crippen molar-refractivity contribution in [3.8, 4) is 5.75 Å². The second-order valence-electron chi connectivity index (χ2n) is 9.82. The van der Waals surface area contributed by atoms with E-state index in [-0.39, 0.29) is 59.3 Å². The van der Waals surface area contributed by atoms with Crippen molar-refractivity contribution >= 4 is 23.4 Å². The Morgan fingerprint density at radius 2 is 1.88 bits per heavy atom. The van der Waals surface area contributed by atoms with E-state index >= 15 is 0 Å². The van der Waals surface area contributed by atoms with Crippen LogP contribution in [0.5, 0.6) is 5.75 Å². The molecule has 2 N–H and O–H groups in total. The van der Waals surface area contributed by atoms with E-state index in [2.05, 4.69) is 10.6 Å². The average molecular weight is 497 g/mol. The van der Waals surface area contributed by atoms with Crippen LogP contribution in [0, 0.1) is 29.5 Å². The maximum Gasteiger partial charge on any atom is 0.258 e. The summed E-state index contributed by atoms with van der Waals surface area (Å²) in [6, 6.07) is 4.01. The third-order valence-electron chi connectivity index (χ3n) is 7.84. The first kappa shape index (κ1) is 25.2. The Morgan fingerprint density at radius 3 is 2.59 bits per heavy atom. The minimum Gasteiger partial charge on any atom is -0.484 e. The van der Waals surface area contributed by atoms with Gasteiger partial charge in [0.05, 0.1) is 17.2 Å². The number of nitrogens with one attached hydrogen (secondary N) is 2. The van der Waals surface area contributed by atoms with E-state index in [1.165, 1.54) is 12.1 Å². The van der Waals surface area contributed by atoms with Gasteiger partial charge in [0.25, 0.3) is 5.91 Å². The normalized spacial score (nSPS) is 32.4. The molecule has 188 valence electrons. The van der Waals surface area contributed by atoms with Crippen LogP contribution in [0.2, 0.25) is 5.02 Å². The molecule has 1 aromatic rings. The van der Waals surface area contributed by atoms with Crippen LogP contribution in [0.1, 0.15) is 38.5 Å². The Hall–Kier alpha value is -1.90. The van der Waals surface area contributed by atoms with E-state index in [1.807, 2.05) is 0 Å². The number of rotatable bonds is 9. The number of halogens is 2. The molecule has 4 aliphatic rings. The lowest BCUT2D eigenvalue weighted by Gasteiger charge is -2.50. The number of carbonyl (C=O) groups is 2. The fourth-order valence-corrected chi connectivity index (χ4v) is 5.90. The Kier molecular flexibility index (Phi) is 8.32. The maximum atomic E-state index is 13.5. The highest BCUT2D eigenvalue weighted by atomic mass is 35.5. The number of hydrogen-bond acceptors (Lipinski definition) is 5. The van der Waals surface area contributed by atoms with Gasteiger partial charge in [-0.05, 0) is 62.5 Å². The van der Waals surface area contributed by atoms with Crippen molar-refractivity contribution in [3.05, 3.63) is 29.0 Å². The van der Waals surface area contributed by atoms with Gasteiger partial charge in [0, 0.05) is 44.7 Å². The molecule has 0 radical (unpaired) electrons. The zero-order valence-electron chi connectivity index (χ0n) is 19.7. The molecule has 7 nitrogen and oxygen atoms in total. The Bertz CT molecular complexity index is 881. The summed E-state index contributed by atoms with van der Waals surface area (Å²) in [6.45, 7) is 0.359. The number of hydrogen-bond donors (Lipinski definition) is 2. The van der Waals surface area contributed by atoms with Gasteiger partial charge in [-0.1, -0.05) is 11.6 Å². The van der Waals surface area contributed by atoms with Gasteiger partial charge in [0.15, 0.2) is 6.61 Å². The fraction of sp³-hybridized carbons (Fsp3) is 0.680. The molecule has 0 aromatic heterocycles. The van der Waals surface area contributed by atoms with Crippen LogP contribution in [0.3, 0.4) is 0 Å². The highest BCUT2D eigenvalue weighted by molar-refractivity contribution is 6.30. The third-order valence-corrected chi connectivity index (χ3v) is 8.15. The molecule has 0 aliphatic heterocycles. The molecule has 0 spiro atoms. The molecule has 5 rings (SSSR count). The molecule has 34 heavy (non-hydrogen) atoms. The van der Waals surface area contributed by atoms with E-state index in [1.54, 1.807) is 14.2 Å². The van der Waals surface area contributed by atoms with Crippen molar-refractivity contribution in [2.24, 2.45) is 23.7 Å². The standard InChI is InChI=1S/C25H34ClFN2O5/c1-32-17-4-6-23(33-2)16(9-17)12-28-25(31)19-11-22(15-7-14(19)8-15)29-24(30)13-34-18-3-5-20(26)21(27)10-18/h3,5,10,14-17,19,22-23H,4,6-9,11-13H2,1-2H3,(H,28,31)(H,29,30)/t14?,15?,16?,17?,19?,22?,23-/m1/s1. The molecular formula is C25H34ClFN2O5. The Morgan fingerprint density at radius 1 is 1.09 bits per heavy atom. The van der Waals surface area contributed by atoms with Crippen LogP contribution in [-0.4, -0.2) is 57.4 Å². The first-order valence-electron chi connectivity index (χ1n) is 12.1. The van der Waals surface area contributed by atoms with Crippen molar-refractivity contribution < 1.29 is 28.2 Å². The highest BCUT2D eigenvalue weighted by Crippen LogP contribution is 2.49. The van der Waals surface area contributed by atoms with Crippen molar-refractivity contribution in [1.29, 1.82) is 0 Å². The SMILES string of the molecule is COC1CC[C@@H](OC)C(CNC(=O)C2CC(NC(=O)COc3ccc(Cl)c(F)c3)C3CC2C3)C1. The van der Waals surface area contributed by atoms with Gasteiger partial charge >= 0.3 is 0 Å². The summed E-state index contributed by atoms with van der Waals surface area (Å²) in [5.74, 6) is 0.330. The summed E-state index contributed by atoms with van der Waals surface area (Å²) in [5, 5.41) is 6.18. The van der Waals surface area contributed by atoms with Gasteiger partial charge in [0.2, 0.25) is 5.91 Å². The lowest BCUT2D eigenvalue weighted by Crippen LogP contribution is -2.57. The topological polar surface area (TPSA) is 85.9 Å². The second kappa shape index (κ2) is 11.2. The predicted octanol–water partition coefficient (Wildman–Crippen LogP) is 3.34. The molecule has 1 aromatic carbocycles. The van der Waals surface area contributed by atoms with Crippen molar-refractivity contribution in [1.82, 2.24) is 10.6 Å². The number of carbonyl (C=O) groups excluding carboxylic acids is 2. The zero-order chi connectivity index (χ0) is 24.2. The van der Waals surface area contributed by atoms with Crippen LogP contribution in [0.4, 0.5) is 4.39 Å². The number of fused-ring (bicyclic) bond motifs is 2. The quantitative estimate of drug-likeness (QED) is 0.547. The Balaban J connectivity index is 1.25. The number of methoxy groups -OCH3 is 2. The molecule has 0 heterocycles. The minimum absolute atomic E-state index is 0.00241. The van der Waals surface area contributed by atoms with E-state index < -0.39 is 5.82 Å². The molecule has 0 saturated heterocycles. The molecule has 9 heteroatoms. The van der Waals surface area contributed by atoms with E-state index in [4.69, 9.17) is 25.8 Å². The van der Waals surface area contributed by atoms with Gasteiger partial charge in [-0.3, -0.25) is 9.59 Å². The van der Waals surface area contributed by atoms with Crippen molar-refractivity contribution in [2.45, 2.75) is 56.8 Å². The van der Waals surface area contributed by atoms with Crippen molar-refractivity contribution in [3.63, 3.8) is 0 Å². The summed E-state index contributed by atoms with van der Waals surface area (Å²) in [6.07, 6.45) is 5.65. The van der Waals surface area contributed by atoms with Crippen LogP contribution in [0.25, 0.3) is 0 Å². The molecule has 2 amide bonds. The summed E-state index contributed by atoms with van der Waals surface area (Å²) in [7, 11) is 3.46. The predicted molar refractivity (Wildman–Crippen MR) is 125 cm³/mol. The first-order valence-corrected chi connectivity index (χ1v) is 12.5. The summed E-state index contributed by atoms with van der Waals surface area (Å²) in [5.41, 5.74) is 0. The summed E-state index contributed by atoms with van der Waals surface area (Å²) in [4.78, 5) is 25.5. The molecule has 5 atom stereocenters. The summed E-state index contributed by atoms with van der Waals surface area (Å²) < 4.78 is 30.1. The third kappa shape index (κ3) is 5.83. The summed E-state index contributed by atoms with van der Waals surface area (Å²) >= 11 is 5.67. The van der Waals surface area contributed by atoms with E-state index in [0.717, 1.165) is 38.2 Å². The van der Waals surface area contributed by atoms with E-state index in [0.29, 0.717) is 24.8 Å². The molecule has 4 fully saturated rings. The molecule has 4 saturated carbocycles. The monoisotopic (exact) mass is 496 g/mol. The van der Waals surface area contributed by atoms with Crippen molar-refractivity contribution in [2.75, 3.05) is 27.4 Å². The second-order valence-corrected chi connectivity index (χ2v) is 10.2. The van der Waals surface area contributed by atoms with Crippen LogP contribution in [0.15, 0.2) is 18.2 Å². The lowest BCUT2D eigenvalue weighted by molar-refractivity contribution is -0.136. The minimum atomic E-state index is -0.594. The first-order chi connectivity index (χ1) is 16.4. The number of benzene rings is 1. The average Bonchev–Trinajstić information content (AvgIpc) is 2.82. The zero-order valence-corrected chi connectivity index (χ0v) is 20.5. The van der Waals surface area contributed by atoms with Crippen LogP contribution < -0.4 is 15.4 Å². The lowest BCUT2D eigenvalue weighted by atomic mass is 9.57. The molecule has 2 bridgehead atoms. The fourth-order valence-electron chi connectivity index (χ4n) is 5.78. The van der Waals surface area contributed by atoms with Crippen LogP contribution in [-0.2, 0) is 19.1 Å². The van der Waals surface area contributed by atoms with Gasteiger partial charge in [-0.25, -0.2) is 4.39 Å². The van der Waals surface area contributed by atoms with Crippen LogP contribution >= 0.6 is 11.6 Å². The van der Waals surface area contributed by atoms with Gasteiger partial charge in [0.1, 0.15) is 11.6 Å².